The summed E-state index contributed by atoms with van der Waals surface area (Å²) >= 11 is 5.67. The van der Waals surface area contributed by atoms with E-state index in [1.165, 1.54) is 0 Å². The first-order chi connectivity index (χ1) is 3.30. The minimum absolute atomic E-state index is 0.0833. The van der Waals surface area contributed by atoms with E-state index in [4.69, 9.17) is 11.6 Å². The van der Waals surface area contributed by atoms with Gasteiger partial charge in [0.1, 0.15) is 5.50 Å². The molecule has 0 saturated carbocycles. The summed E-state index contributed by atoms with van der Waals surface area (Å²) in [5, 5.41) is 1.86. The van der Waals surface area contributed by atoms with Gasteiger partial charge in [-0.1, -0.05) is 0 Å². The molecule has 1 aliphatic rings. The molecular formula is C4H8ClN2. The Balaban J connectivity index is 2.33. The third kappa shape index (κ3) is 1.06. The number of hydrazine groups is 1. The van der Waals surface area contributed by atoms with Gasteiger partial charge < -0.3 is 0 Å². The molecule has 1 unspecified atom stereocenters. The van der Waals surface area contributed by atoms with E-state index in [1.54, 1.807) is 0 Å². The predicted molar refractivity (Wildman–Crippen MR) is 29.7 cm³/mol. The molecule has 1 aliphatic heterocycles. The second-order valence-electron chi connectivity index (χ2n) is 1.58. The zero-order chi connectivity index (χ0) is 5.28. The maximum Gasteiger partial charge on any atom is 0.102 e. The first-order valence-electron chi connectivity index (χ1n) is 2.24. The number of alkyl halides is 1. The lowest BCUT2D eigenvalue weighted by atomic mass is 10.5. The summed E-state index contributed by atoms with van der Waals surface area (Å²) in [5.41, 5.74) is 3.10. The Labute approximate surface area is 48.4 Å². The van der Waals surface area contributed by atoms with Crippen molar-refractivity contribution in [2.24, 2.45) is 0 Å². The Kier molecular flexibility index (Phi) is 1.52. The summed E-state index contributed by atoms with van der Waals surface area (Å²) in [5.74, 6) is 0. The van der Waals surface area contributed by atoms with Gasteiger partial charge in [-0.15, -0.1) is 11.6 Å². The summed E-state index contributed by atoms with van der Waals surface area (Å²) in [6.07, 6.45) is 2.00. The molecule has 1 fully saturated rings. The van der Waals surface area contributed by atoms with Crippen molar-refractivity contribution in [1.82, 2.24) is 10.4 Å². The lowest BCUT2D eigenvalue weighted by molar-refractivity contribution is 0.296. The molecule has 1 atom stereocenters. The zero-order valence-corrected chi connectivity index (χ0v) is 4.94. The molecule has 7 heavy (non-hydrogen) atoms. The standard InChI is InChI=1S/C4H8ClN2/c1-7-4(5)2-3-6-7/h2,4,6H,3H2,1H3. The van der Waals surface area contributed by atoms with Gasteiger partial charge in [0.25, 0.3) is 0 Å². The van der Waals surface area contributed by atoms with E-state index in [0.717, 1.165) is 6.54 Å². The minimum Gasteiger partial charge on any atom is -0.254 e. The molecule has 3 heteroatoms. The predicted octanol–water partition coefficient (Wildman–Crippen LogP) is 0.206. The molecule has 1 heterocycles. The van der Waals surface area contributed by atoms with Crippen molar-refractivity contribution >= 4 is 11.6 Å². The van der Waals surface area contributed by atoms with Crippen LogP contribution in [0.3, 0.4) is 0 Å². The van der Waals surface area contributed by atoms with Crippen LogP contribution in [0.15, 0.2) is 0 Å². The van der Waals surface area contributed by atoms with E-state index in [-0.39, 0.29) is 5.50 Å². The highest BCUT2D eigenvalue weighted by atomic mass is 35.5. The number of halogens is 1. The number of nitrogens with zero attached hydrogens (tertiary/aromatic N) is 1. The molecule has 0 aromatic rings. The van der Waals surface area contributed by atoms with E-state index in [2.05, 4.69) is 5.43 Å². The number of hydrogen-bond donors (Lipinski definition) is 1. The highest BCUT2D eigenvalue weighted by molar-refractivity contribution is 6.21. The van der Waals surface area contributed by atoms with Gasteiger partial charge in [0.05, 0.1) is 0 Å². The summed E-state index contributed by atoms with van der Waals surface area (Å²) in [7, 11) is 1.92. The number of nitrogens with one attached hydrogen (secondary N) is 1. The molecule has 0 aliphatic carbocycles. The summed E-state index contributed by atoms with van der Waals surface area (Å²) in [4.78, 5) is 0. The average Bonchev–Trinajstić information content (AvgIpc) is 1.91. The van der Waals surface area contributed by atoms with Crippen molar-refractivity contribution in [2.45, 2.75) is 5.50 Å². The monoisotopic (exact) mass is 119 g/mol. The van der Waals surface area contributed by atoms with Gasteiger partial charge in [-0.3, -0.25) is 5.43 Å². The third-order valence-electron chi connectivity index (χ3n) is 1.02. The molecular weight excluding hydrogens is 112 g/mol. The molecule has 1 rings (SSSR count). The average molecular weight is 120 g/mol. The second-order valence-corrected chi connectivity index (χ2v) is 2.03. The number of rotatable bonds is 0. The van der Waals surface area contributed by atoms with E-state index in [0.29, 0.717) is 0 Å². The van der Waals surface area contributed by atoms with Crippen molar-refractivity contribution in [3.05, 3.63) is 6.42 Å². The quantitative estimate of drug-likeness (QED) is 0.362. The van der Waals surface area contributed by atoms with Crippen LogP contribution in [0.1, 0.15) is 0 Å². The summed E-state index contributed by atoms with van der Waals surface area (Å²) in [6, 6.07) is 0. The molecule has 0 bridgehead atoms. The van der Waals surface area contributed by atoms with Crippen molar-refractivity contribution < 1.29 is 0 Å². The van der Waals surface area contributed by atoms with Crippen molar-refractivity contribution in [3.63, 3.8) is 0 Å². The third-order valence-corrected chi connectivity index (χ3v) is 1.49. The summed E-state index contributed by atoms with van der Waals surface area (Å²) < 4.78 is 0. The SMILES string of the molecule is CN1NC[CH]C1Cl. The van der Waals surface area contributed by atoms with Crippen LogP contribution in [0.4, 0.5) is 0 Å². The number of hydrogen-bond acceptors (Lipinski definition) is 2. The van der Waals surface area contributed by atoms with Gasteiger partial charge >= 0.3 is 0 Å². The Morgan fingerprint density at radius 2 is 2.71 bits per heavy atom. The molecule has 1 saturated heterocycles. The highest BCUT2D eigenvalue weighted by Crippen LogP contribution is 2.07. The van der Waals surface area contributed by atoms with Crippen LogP contribution in [0, 0.1) is 6.42 Å². The fourth-order valence-corrected chi connectivity index (χ4v) is 0.697. The van der Waals surface area contributed by atoms with Crippen LogP contribution >= 0.6 is 11.6 Å². The molecule has 41 valence electrons. The normalized spacial score (nSPS) is 34.3. The first kappa shape index (κ1) is 5.35. The van der Waals surface area contributed by atoms with Crippen molar-refractivity contribution in [3.8, 4) is 0 Å². The zero-order valence-electron chi connectivity index (χ0n) is 4.19. The van der Waals surface area contributed by atoms with Crippen LogP contribution < -0.4 is 5.43 Å². The Morgan fingerprint density at radius 1 is 2.00 bits per heavy atom. The van der Waals surface area contributed by atoms with Gasteiger partial charge in [0.2, 0.25) is 0 Å². The Hall–Kier alpha value is 0.210. The van der Waals surface area contributed by atoms with Gasteiger partial charge in [0.15, 0.2) is 0 Å². The molecule has 0 amide bonds. The fourth-order valence-electron chi connectivity index (χ4n) is 0.539. The van der Waals surface area contributed by atoms with E-state index in [1.807, 2.05) is 18.5 Å². The van der Waals surface area contributed by atoms with Crippen LogP contribution in [0.5, 0.6) is 0 Å². The lowest BCUT2D eigenvalue weighted by Gasteiger charge is -2.09. The fraction of sp³-hybridized carbons (Fsp3) is 0.750. The Morgan fingerprint density at radius 3 is 2.86 bits per heavy atom. The van der Waals surface area contributed by atoms with E-state index < -0.39 is 0 Å². The van der Waals surface area contributed by atoms with Crippen LogP contribution in [0.25, 0.3) is 0 Å². The highest BCUT2D eigenvalue weighted by Gasteiger charge is 2.16. The Bertz CT molecular complexity index is 58.7. The van der Waals surface area contributed by atoms with Gasteiger partial charge in [-0.05, 0) is 0 Å². The van der Waals surface area contributed by atoms with Crippen LogP contribution in [-0.2, 0) is 0 Å². The van der Waals surface area contributed by atoms with E-state index >= 15 is 0 Å². The molecule has 0 aromatic carbocycles. The molecule has 0 spiro atoms. The molecule has 0 aromatic heterocycles. The maximum atomic E-state index is 5.67. The largest absolute Gasteiger partial charge is 0.254 e. The molecule has 1 radical (unpaired) electrons. The van der Waals surface area contributed by atoms with Gasteiger partial charge in [-0.2, -0.15) is 0 Å². The molecule has 2 nitrogen and oxygen atoms in total. The molecule has 1 N–H and O–H groups in total. The van der Waals surface area contributed by atoms with Crippen LogP contribution in [0.2, 0.25) is 0 Å². The van der Waals surface area contributed by atoms with Crippen molar-refractivity contribution in [2.75, 3.05) is 13.6 Å². The maximum absolute atomic E-state index is 5.67. The minimum atomic E-state index is 0.0833. The second kappa shape index (κ2) is 1.99. The van der Waals surface area contributed by atoms with E-state index in [9.17, 15) is 0 Å². The van der Waals surface area contributed by atoms with Gasteiger partial charge in [-0.25, -0.2) is 5.01 Å². The summed E-state index contributed by atoms with van der Waals surface area (Å²) in [6.45, 7) is 0.894. The topological polar surface area (TPSA) is 15.3 Å². The van der Waals surface area contributed by atoms with Crippen LogP contribution in [-0.4, -0.2) is 24.1 Å². The smallest absolute Gasteiger partial charge is 0.102 e. The van der Waals surface area contributed by atoms with Gasteiger partial charge in [0, 0.05) is 20.0 Å². The lowest BCUT2D eigenvalue weighted by Crippen LogP contribution is -2.29. The first-order valence-corrected chi connectivity index (χ1v) is 2.68. The van der Waals surface area contributed by atoms with Crippen molar-refractivity contribution in [1.29, 1.82) is 0 Å².